The lowest BCUT2D eigenvalue weighted by Crippen LogP contribution is -2.40. The first-order valence-electron chi connectivity index (χ1n) is 8.53. The van der Waals surface area contributed by atoms with Gasteiger partial charge in [0.2, 0.25) is 23.6 Å². The summed E-state index contributed by atoms with van der Waals surface area (Å²) in [6.07, 6.45) is 0.890. The average Bonchev–Trinajstić information content (AvgIpc) is 3.26. The Hall–Kier alpha value is -2.29. The zero-order valence-corrected chi connectivity index (χ0v) is 15.1. The summed E-state index contributed by atoms with van der Waals surface area (Å²) in [5.74, 6) is 2.49. The third-order valence-corrected chi connectivity index (χ3v) is 4.31. The number of amides is 1. The van der Waals surface area contributed by atoms with Crippen LogP contribution in [0, 0.1) is 6.92 Å². The highest BCUT2D eigenvalue weighted by Crippen LogP contribution is 2.20. The van der Waals surface area contributed by atoms with Crippen LogP contribution in [0.1, 0.15) is 56.6 Å². The lowest BCUT2D eigenvalue weighted by Gasteiger charge is -2.26. The van der Waals surface area contributed by atoms with Crippen molar-refractivity contribution in [2.45, 2.75) is 59.2 Å². The molecule has 0 N–H and O–H groups in total. The van der Waals surface area contributed by atoms with Crippen LogP contribution in [-0.2, 0) is 17.9 Å². The Morgan fingerprint density at radius 2 is 2.20 bits per heavy atom. The lowest BCUT2D eigenvalue weighted by atomic mass is 10.2. The SMILES string of the molecule is CC(=O)N(Cc1noc(C(C)C)n1)[C@@H]1CCN(Cc2nnc(C)o2)C1. The molecule has 2 aromatic heterocycles. The fraction of sp³-hybridized carbons (Fsp3) is 0.688. The first-order chi connectivity index (χ1) is 11.9. The van der Waals surface area contributed by atoms with Gasteiger partial charge in [0.1, 0.15) is 0 Å². The summed E-state index contributed by atoms with van der Waals surface area (Å²) in [5.41, 5.74) is 0. The Balaban J connectivity index is 1.61. The summed E-state index contributed by atoms with van der Waals surface area (Å²) >= 11 is 0. The predicted octanol–water partition coefficient (Wildman–Crippen LogP) is 1.51. The Morgan fingerprint density at radius 3 is 2.80 bits per heavy atom. The van der Waals surface area contributed by atoms with Gasteiger partial charge in [-0.25, -0.2) is 0 Å². The molecule has 1 aliphatic heterocycles. The largest absolute Gasteiger partial charge is 0.424 e. The topological polar surface area (TPSA) is 101 Å². The zero-order valence-electron chi connectivity index (χ0n) is 15.1. The van der Waals surface area contributed by atoms with Crippen molar-refractivity contribution in [3.05, 3.63) is 23.5 Å². The normalized spacial score (nSPS) is 18.2. The summed E-state index contributed by atoms with van der Waals surface area (Å²) in [6, 6.07) is 0.113. The van der Waals surface area contributed by atoms with E-state index in [1.807, 2.05) is 18.7 Å². The van der Waals surface area contributed by atoms with Crippen LogP contribution in [-0.4, -0.2) is 55.2 Å². The first-order valence-corrected chi connectivity index (χ1v) is 8.53. The third-order valence-electron chi connectivity index (χ3n) is 4.31. The second kappa shape index (κ2) is 7.30. The van der Waals surface area contributed by atoms with E-state index in [2.05, 4.69) is 25.2 Å². The van der Waals surface area contributed by atoms with Crippen molar-refractivity contribution in [1.82, 2.24) is 30.1 Å². The summed E-state index contributed by atoms with van der Waals surface area (Å²) in [7, 11) is 0. The van der Waals surface area contributed by atoms with Crippen LogP contribution in [0.25, 0.3) is 0 Å². The van der Waals surface area contributed by atoms with Gasteiger partial charge in [-0.15, -0.1) is 10.2 Å². The molecule has 1 atom stereocenters. The molecule has 0 unspecified atom stereocenters. The maximum absolute atomic E-state index is 12.1. The molecular formula is C16H24N6O3. The van der Waals surface area contributed by atoms with Crippen molar-refractivity contribution in [2.24, 2.45) is 0 Å². The Bertz CT molecular complexity index is 725. The van der Waals surface area contributed by atoms with E-state index in [1.165, 1.54) is 0 Å². The molecule has 3 rings (SSSR count). The van der Waals surface area contributed by atoms with E-state index in [-0.39, 0.29) is 17.9 Å². The molecule has 1 aliphatic rings. The van der Waals surface area contributed by atoms with Crippen molar-refractivity contribution in [1.29, 1.82) is 0 Å². The van der Waals surface area contributed by atoms with Gasteiger partial charge in [0.15, 0.2) is 5.82 Å². The van der Waals surface area contributed by atoms with E-state index in [4.69, 9.17) is 8.94 Å². The molecule has 1 saturated heterocycles. The van der Waals surface area contributed by atoms with Crippen LogP contribution in [0.4, 0.5) is 0 Å². The molecule has 9 heteroatoms. The van der Waals surface area contributed by atoms with E-state index >= 15 is 0 Å². The van der Waals surface area contributed by atoms with Crippen molar-refractivity contribution in [2.75, 3.05) is 13.1 Å². The Labute approximate surface area is 146 Å². The number of nitrogens with zero attached hydrogens (tertiary/aromatic N) is 6. The monoisotopic (exact) mass is 348 g/mol. The number of carbonyl (C=O) groups is 1. The van der Waals surface area contributed by atoms with Crippen LogP contribution >= 0.6 is 0 Å². The smallest absolute Gasteiger partial charge is 0.230 e. The summed E-state index contributed by atoms with van der Waals surface area (Å²) in [4.78, 5) is 20.5. The van der Waals surface area contributed by atoms with Crippen LogP contribution in [0.5, 0.6) is 0 Å². The number of rotatable bonds is 6. The molecule has 0 spiro atoms. The molecule has 9 nitrogen and oxygen atoms in total. The molecule has 3 heterocycles. The second-order valence-electron chi connectivity index (χ2n) is 6.74. The minimum absolute atomic E-state index is 0.0105. The average molecular weight is 348 g/mol. The molecule has 0 aliphatic carbocycles. The summed E-state index contributed by atoms with van der Waals surface area (Å²) < 4.78 is 10.7. The fourth-order valence-electron chi connectivity index (χ4n) is 3.02. The number of likely N-dealkylation sites (tertiary alicyclic amines) is 1. The van der Waals surface area contributed by atoms with Crippen molar-refractivity contribution >= 4 is 5.91 Å². The van der Waals surface area contributed by atoms with E-state index < -0.39 is 0 Å². The quantitative estimate of drug-likeness (QED) is 0.774. The fourth-order valence-corrected chi connectivity index (χ4v) is 3.02. The minimum atomic E-state index is 0.0105. The van der Waals surface area contributed by atoms with Gasteiger partial charge in [0.25, 0.3) is 0 Å². The van der Waals surface area contributed by atoms with E-state index in [0.29, 0.717) is 36.6 Å². The summed E-state index contributed by atoms with van der Waals surface area (Å²) in [5, 5.41) is 11.9. The van der Waals surface area contributed by atoms with Gasteiger partial charge < -0.3 is 13.8 Å². The molecule has 2 aromatic rings. The van der Waals surface area contributed by atoms with Gasteiger partial charge >= 0.3 is 0 Å². The van der Waals surface area contributed by atoms with E-state index in [9.17, 15) is 4.79 Å². The highest BCUT2D eigenvalue weighted by molar-refractivity contribution is 5.73. The molecular weight excluding hydrogens is 324 g/mol. The van der Waals surface area contributed by atoms with Gasteiger partial charge in [-0.05, 0) is 6.42 Å². The van der Waals surface area contributed by atoms with Crippen LogP contribution < -0.4 is 0 Å². The number of aromatic nitrogens is 4. The highest BCUT2D eigenvalue weighted by atomic mass is 16.5. The van der Waals surface area contributed by atoms with Gasteiger partial charge in [-0.3, -0.25) is 9.69 Å². The van der Waals surface area contributed by atoms with E-state index in [1.54, 1.807) is 13.8 Å². The first kappa shape index (κ1) is 17.5. The van der Waals surface area contributed by atoms with Crippen molar-refractivity contribution in [3.8, 4) is 0 Å². The molecule has 1 fully saturated rings. The maximum atomic E-state index is 12.1. The summed E-state index contributed by atoms with van der Waals surface area (Å²) in [6.45, 7) is 9.94. The number of carbonyl (C=O) groups excluding carboxylic acids is 1. The number of hydrogen-bond acceptors (Lipinski definition) is 8. The van der Waals surface area contributed by atoms with E-state index in [0.717, 1.165) is 19.5 Å². The third kappa shape index (κ3) is 4.22. The number of hydrogen-bond donors (Lipinski definition) is 0. The van der Waals surface area contributed by atoms with Crippen LogP contribution in [0.15, 0.2) is 8.94 Å². The molecule has 0 saturated carbocycles. The van der Waals surface area contributed by atoms with Crippen molar-refractivity contribution < 1.29 is 13.7 Å². The van der Waals surface area contributed by atoms with Crippen LogP contribution in [0.3, 0.4) is 0 Å². The van der Waals surface area contributed by atoms with Gasteiger partial charge in [-0.2, -0.15) is 4.98 Å². The predicted molar refractivity (Wildman–Crippen MR) is 87.3 cm³/mol. The highest BCUT2D eigenvalue weighted by Gasteiger charge is 2.31. The second-order valence-corrected chi connectivity index (χ2v) is 6.74. The van der Waals surface area contributed by atoms with Gasteiger partial charge in [0, 0.05) is 38.9 Å². The van der Waals surface area contributed by atoms with Crippen molar-refractivity contribution in [3.63, 3.8) is 0 Å². The Kier molecular flexibility index (Phi) is 5.12. The standard InChI is InChI=1S/C16H24N6O3/c1-10(2)16-17-14(20-25-16)8-22(12(4)23)13-5-6-21(7-13)9-15-19-18-11(3)24-15/h10,13H,5-9H2,1-4H3/t13-/m1/s1. The number of aryl methyl sites for hydroxylation is 1. The molecule has 0 aromatic carbocycles. The van der Waals surface area contributed by atoms with Gasteiger partial charge in [0.05, 0.1) is 13.1 Å². The lowest BCUT2D eigenvalue weighted by molar-refractivity contribution is -0.131. The zero-order chi connectivity index (χ0) is 18.0. The molecule has 0 radical (unpaired) electrons. The molecule has 1 amide bonds. The van der Waals surface area contributed by atoms with Crippen LogP contribution in [0.2, 0.25) is 0 Å². The minimum Gasteiger partial charge on any atom is -0.424 e. The molecule has 0 bridgehead atoms. The Morgan fingerprint density at radius 1 is 1.40 bits per heavy atom. The van der Waals surface area contributed by atoms with Gasteiger partial charge in [-0.1, -0.05) is 19.0 Å². The molecule has 136 valence electrons. The molecule has 25 heavy (non-hydrogen) atoms. The maximum Gasteiger partial charge on any atom is 0.230 e.